The molecule has 0 unspecified atom stereocenters. The monoisotopic (exact) mass is 1560 g/mol. The summed E-state index contributed by atoms with van der Waals surface area (Å²) in [6.45, 7) is 0. The topological polar surface area (TPSA) is 97.6 Å². The molecule has 8 aromatic heterocycles. The predicted octanol–water partition coefficient (Wildman–Crippen LogP) is 29.4. The van der Waals surface area contributed by atoms with Crippen LogP contribution >= 0.6 is 0 Å². The Hall–Kier alpha value is -16.6. The second kappa shape index (κ2) is 27.5. The van der Waals surface area contributed by atoms with E-state index >= 15 is 0 Å². The molecule has 0 atom stereocenters. The molecule has 0 radical (unpaired) electrons. The van der Waals surface area contributed by atoms with E-state index in [0.717, 1.165) is 187 Å². The van der Waals surface area contributed by atoms with Crippen molar-refractivity contribution in [3.8, 4) is 90.3 Å². The highest BCUT2D eigenvalue weighted by Gasteiger charge is 2.29. The van der Waals surface area contributed by atoms with Crippen LogP contribution in [0.15, 0.2) is 421 Å². The van der Waals surface area contributed by atoms with Crippen LogP contribution < -0.4 is 0 Å². The van der Waals surface area contributed by atoms with E-state index in [1.54, 1.807) is 0 Å². The van der Waals surface area contributed by atoms with Gasteiger partial charge in [0.05, 0.1) is 77.3 Å². The average molecular weight is 1560 g/mol. The van der Waals surface area contributed by atoms with Crippen molar-refractivity contribution in [3.05, 3.63) is 413 Å². The van der Waals surface area contributed by atoms with E-state index in [-0.39, 0.29) is 0 Å². The maximum atomic E-state index is 6.57. The van der Waals surface area contributed by atoms with Crippen molar-refractivity contribution in [1.29, 1.82) is 0 Å². The minimum absolute atomic E-state index is 0.606. The number of aromatic nitrogens is 8. The van der Waals surface area contributed by atoms with Crippen molar-refractivity contribution >= 4 is 153 Å². The molecule has 0 fully saturated rings. The van der Waals surface area contributed by atoms with Gasteiger partial charge >= 0.3 is 0 Å². The summed E-state index contributed by atoms with van der Waals surface area (Å²) < 4.78 is 22.6. The number of nitrogens with zero attached hydrogens (tertiary/aromatic N) is 8. The molecule has 18 aromatic carbocycles. The summed E-state index contributed by atoms with van der Waals surface area (Å²) in [6, 6.07) is 146. The maximum Gasteiger partial charge on any atom is 0.235 e. The lowest BCUT2D eigenvalue weighted by molar-refractivity contribution is 0.669. The Labute approximate surface area is 698 Å². The summed E-state index contributed by atoms with van der Waals surface area (Å²) in [5, 5.41) is 15.5. The minimum Gasteiger partial charge on any atom is -0.456 e. The molecule has 122 heavy (non-hydrogen) atoms. The molecule has 0 N–H and O–H groups in total. The Balaban J connectivity index is 0.000000134. The van der Waals surface area contributed by atoms with E-state index in [9.17, 15) is 0 Å². The fraction of sp³-hybridized carbons (Fsp3) is 0. The van der Waals surface area contributed by atoms with E-state index in [0.29, 0.717) is 11.9 Å². The highest BCUT2D eigenvalue weighted by atomic mass is 16.3. The fourth-order valence-electron chi connectivity index (χ4n) is 19.2. The normalized spacial score (nSPS) is 11.9. The van der Waals surface area contributed by atoms with Gasteiger partial charge in [0, 0.05) is 87.1 Å². The van der Waals surface area contributed by atoms with Gasteiger partial charge in [-0.3, -0.25) is 9.13 Å². The lowest BCUT2D eigenvalue weighted by Gasteiger charge is -2.13. The summed E-state index contributed by atoms with van der Waals surface area (Å²) in [4.78, 5) is 21.8. The van der Waals surface area contributed by atoms with Gasteiger partial charge < -0.3 is 18.0 Å². The third-order valence-electron chi connectivity index (χ3n) is 24.7. The molecule has 0 amide bonds. The first-order valence-corrected chi connectivity index (χ1v) is 41.3. The Bertz CT molecular complexity index is 8740. The van der Waals surface area contributed by atoms with Crippen LogP contribution in [0.1, 0.15) is 0 Å². The number of benzene rings is 18. The molecule has 0 bridgehead atoms. The average Bonchev–Trinajstić information content (AvgIpc) is 1.53. The zero-order valence-electron chi connectivity index (χ0n) is 65.7. The Kier molecular flexibility index (Phi) is 15.5. The van der Waals surface area contributed by atoms with Gasteiger partial charge in [-0.25, -0.2) is 19.9 Å². The van der Waals surface area contributed by atoms with Crippen molar-refractivity contribution in [2.24, 2.45) is 0 Å². The van der Waals surface area contributed by atoms with Gasteiger partial charge in [0.25, 0.3) is 0 Å². The molecule has 8 heterocycles. The number of furan rings is 2. The van der Waals surface area contributed by atoms with Gasteiger partial charge in [0.15, 0.2) is 0 Å². The zero-order valence-corrected chi connectivity index (χ0v) is 65.7. The summed E-state index contributed by atoms with van der Waals surface area (Å²) in [7, 11) is 0. The van der Waals surface area contributed by atoms with Crippen molar-refractivity contribution in [2.45, 2.75) is 0 Å². The van der Waals surface area contributed by atoms with Gasteiger partial charge in [-0.05, 0) is 142 Å². The van der Waals surface area contributed by atoms with Gasteiger partial charge in [0.1, 0.15) is 22.3 Å². The molecule has 568 valence electrons. The van der Waals surface area contributed by atoms with Crippen LogP contribution in [0.25, 0.3) is 243 Å². The first-order chi connectivity index (χ1) is 60.5. The highest BCUT2D eigenvalue weighted by Crippen LogP contribution is 2.50. The third kappa shape index (κ3) is 10.8. The Morgan fingerprint density at radius 2 is 0.492 bits per heavy atom. The molecular formula is C112H68N8O2. The second-order valence-electron chi connectivity index (χ2n) is 31.5. The zero-order chi connectivity index (χ0) is 80.0. The minimum atomic E-state index is 0.606. The highest BCUT2D eigenvalue weighted by molar-refractivity contribution is 6.33. The van der Waals surface area contributed by atoms with E-state index in [2.05, 4.69) is 413 Å². The molecule has 0 aliphatic carbocycles. The van der Waals surface area contributed by atoms with Gasteiger partial charge in [-0.2, -0.15) is 0 Å². The van der Waals surface area contributed by atoms with Gasteiger partial charge in [-0.1, -0.05) is 315 Å². The van der Waals surface area contributed by atoms with Crippen LogP contribution in [0.5, 0.6) is 0 Å². The van der Waals surface area contributed by atoms with Crippen LogP contribution in [-0.2, 0) is 0 Å². The summed E-state index contributed by atoms with van der Waals surface area (Å²) in [5.74, 6) is 1.23. The molecule has 0 saturated heterocycles. The number of hydrogen-bond acceptors (Lipinski definition) is 6. The fourth-order valence-corrected chi connectivity index (χ4v) is 19.2. The molecule has 26 rings (SSSR count). The van der Waals surface area contributed by atoms with Crippen LogP contribution in [0, 0.1) is 0 Å². The van der Waals surface area contributed by atoms with E-state index < -0.39 is 0 Å². The first-order valence-electron chi connectivity index (χ1n) is 41.3. The van der Waals surface area contributed by atoms with Crippen molar-refractivity contribution in [2.75, 3.05) is 0 Å². The molecule has 0 aliphatic rings. The summed E-state index contributed by atoms with van der Waals surface area (Å²) in [6.07, 6.45) is 0. The molecule has 0 aliphatic heterocycles. The molecule has 0 spiro atoms. The SMILES string of the molecule is c1ccc(-c2ccc(-c3nc(-n4c5c(ccc6oc7ccccc7c65)c5ccc6c(c7ccccc7n6-c6cccc(-c7ccccc7)c6)c54)nc4ccccc34)cc2)cc1.c1ccc(-c2ccc(-c3nc(-n4c5ccccc5c5c4ccc4c6ccc7oc8ccccc8c7c6n(-c6cccc(-c7ccccc7)c6)c45)nc4ccccc34)cc2)cc1. The number of rotatable bonds is 10. The van der Waals surface area contributed by atoms with Crippen molar-refractivity contribution < 1.29 is 8.83 Å². The van der Waals surface area contributed by atoms with Crippen molar-refractivity contribution in [1.82, 2.24) is 38.2 Å². The quantitative estimate of drug-likeness (QED) is 0.135. The molecule has 10 heteroatoms. The van der Waals surface area contributed by atoms with E-state index in [1.165, 1.54) is 44.2 Å². The lowest BCUT2D eigenvalue weighted by Crippen LogP contribution is -2.04. The number of hydrogen-bond donors (Lipinski definition) is 0. The van der Waals surface area contributed by atoms with Crippen molar-refractivity contribution in [3.63, 3.8) is 0 Å². The Morgan fingerprint density at radius 3 is 0.959 bits per heavy atom. The van der Waals surface area contributed by atoms with E-state index in [1.807, 2.05) is 18.2 Å². The maximum absolute atomic E-state index is 6.57. The number of para-hydroxylation sites is 6. The Morgan fingerprint density at radius 1 is 0.172 bits per heavy atom. The standard InChI is InChI=1S/2C56H34N4O/c1-3-14-35(15-4-1)37-26-28-38(29-27-37)53-43-20-7-10-23-46(43)57-56(58-53)60-47-24-11-8-21-44(47)51-48(60)32-30-41-42-31-33-50-52(45-22-9-12-25-49(45)61-50)55(42)59(54(41)51)40-19-13-18-39(34-40)36-16-5-2-6-17-36;1-3-14-35(15-4-1)37-26-28-38(29-27-37)53-43-20-7-10-23-46(43)57-56(58-53)60-54-41(42-31-33-50-52(55(42)60)45-22-9-12-25-49(45)61-50)30-32-48-51(54)44-21-8-11-24-47(44)59(48)40-19-13-18-39(34-40)36-16-5-2-6-17-36/h2*1-34H. The third-order valence-corrected chi connectivity index (χ3v) is 24.7. The lowest BCUT2D eigenvalue weighted by atomic mass is 10.0. The van der Waals surface area contributed by atoms with Gasteiger partial charge in [-0.15, -0.1) is 0 Å². The molecule has 0 saturated carbocycles. The van der Waals surface area contributed by atoms with Crippen LogP contribution in [-0.4, -0.2) is 38.2 Å². The number of fused-ring (bicyclic) bond motifs is 24. The predicted molar refractivity (Wildman–Crippen MR) is 504 cm³/mol. The van der Waals surface area contributed by atoms with Crippen LogP contribution in [0.2, 0.25) is 0 Å². The first kappa shape index (κ1) is 68.6. The van der Waals surface area contributed by atoms with Crippen LogP contribution in [0.3, 0.4) is 0 Å². The molecule has 10 nitrogen and oxygen atoms in total. The molecule has 26 aromatic rings. The smallest absolute Gasteiger partial charge is 0.235 e. The summed E-state index contributed by atoms with van der Waals surface area (Å²) in [5.41, 5.74) is 29.2. The van der Waals surface area contributed by atoms with Gasteiger partial charge in [0.2, 0.25) is 11.9 Å². The van der Waals surface area contributed by atoms with E-state index in [4.69, 9.17) is 28.8 Å². The summed E-state index contributed by atoms with van der Waals surface area (Å²) >= 11 is 0. The largest absolute Gasteiger partial charge is 0.456 e. The molecular weight excluding hydrogens is 1490 g/mol. The second-order valence-corrected chi connectivity index (χ2v) is 31.5. The van der Waals surface area contributed by atoms with Crippen LogP contribution in [0.4, 0.5) is 0 Å².